The Balaban J connectivity index is 1.50. The summed E-state index contributed by atoms with van der Waals surface area (Å²) in [6.45, 7) is 0.732. The number of amides is 2. The first-order valence-corrected chi connectivity index (χ1v) is 12.5. The maximum atomic E-state index is 12.9. The number of nitrogens with zero attached hydrogens (tertiary/aromatic N) is 1. The highest BCUT2D eigenvalue weighted by molar-refractivity contribution is 8.18. The molecule has 2 fully saturated rings. The number of methoxy groups -OCH3 is 1. The minimum Gasteiger partial charge on any atom is -0.493 e. The summed E-state index contributed by atoms with van der Waals surface area (Å²) >= 11 is 13.7. The van der Waals surface area contributed by atoms with Crippen LogP contribution >= 0.6 is 35.0 Å². The van der Waals surface area contributed by atoms with Gasteiger partial charge in [0.15, 0.2) is 11.5 Å². The van der Waals surface area contributed by atoms with Gasteiger partial charge in [-0.2, -0.15) is 0 Å². The average Bonchev–Trinajstić information content (AvgIpc) is 3.07. The van der Waals surface area contributed by atoms with Gasteiger partial charge < -0.3 is 9.47 Å². The van der Waals surface area contributed by atoms with Gasteiger partial charge in [0.05, 0.1) is 17.0 Å². The van der Waals surface area contributed by atoms with Crippen molar-refractivity contribution in [3.05, 3.63) is 62.5 Å². The molecule has 1 heterocycles. The van der Waals surface area contributed by atoms with Crippen LogP contribution in [-0.2, 0) is 11.4 Å². The van der Waals surface area contributed by atoms with E-state index >= 15 is 0 Å². The summed E-state index contributed by atoms with van der Waals surface area (Å²) < 4.78 is 11.4. The second kappa shape index (κ2) is 10.9. The Morgan fingerprint density at radius 3 is 2.58 bits per heavy atom. The van der Waals surface area contributed by atoms with Gasteiger partial charge in [-0.25, -0.2) is 0 Å². The summed E-state index contributed by atoms with van der Waals surface area (Å²) in [5.41, 5.74) is 1.48. The van der Waals surface area contributed by atoms with E-state index in [1.165, 1.54) is 31.3 Å². The first-order chi connectivity index (χ1) is 16.0. The Labute approximate surface area is 208 Å². The molecule has 0 unspecified atom stereocenters. The highest BCUT2D eigenvalue weighted by atomic mass is 35.5. The normalized spacial score (nSPS) is 18.3. The molecule has 2 aromatic carbocycles. The maximum absolute atomic E-state index is 12.9. The first kappa shape index (κ1) is 24.0. The molecule has 1 aliphatic carbocycles. The third kappa shape index (κ3) is 5.68. The highest BCUT2D eigenvalue weighted by Crippen LogP contribution is 2.40. The zero-order valence-corrected chi connectivity index (χ0v) is 20.6. The molecule has 174 valence electrons. The van der Waals surface area contributed by atoms with Crippen molar-refractivity contribution in [1.82, 2.24) is 4.90 Å². The molecule has 2 aliphatic rings. The minimum atomic E-state index is -0.246. The standard InChI is InChI=1S/C25H25Cl2NO4S/c1-31-21-12-17(11-20(27)23(21)32-15-18-9-5-6-10-19(18)26)13-22-24(29)28(25(30)33-22)14-16-7-3-2-4-8-16/h5-6,9-13,16H,2-4,7-8,14-15H2,1H3/b22-13+. The zero-order chi connectivity index (χ0) is 23.4. The van der Waals surface area contributed by atoms with Crippen LogP contribution in [0.4, 0.5) is 4.79 Å². The summed E-state index contributed by atoms with van der Waals surface area (Å²) in [7, 11) is 1.52. The van der Waals surface area contributed by atoms with E-state index in [0.29, 0.717) is 44.5 Å². The Morgan fingerprint density at radius 2 is 1.85 bits per heavy atom. The van der Waals surface area contributed by atoms with Crippen molar-refractivity contribution >= 4 is 52.2 Å². The van der Waals surface area contributed by atoms with E-state index in [1.54, 1.807) is 24.3 Å². The summed E-state index contributed by atoms with van der Waals surface area (Å²) in [6.07, 6.45) is 7.39. The van der Waals surface area contributed by atoms with Crippen molar-refractivity contribution in [1.29, 1.82) is 0 Å². The molecule has 0 bridgehead atoms. The summed E-state index contributed by atoms with van der Waals surface area (Å²) in [5, 5.41) is 0.733. The second-order valence-corrected chi connectivity index (χ2v) is 10.0. The lowest BCUT2D eigenvalue weighted by molar-refractivity contribution is -0.123. The van der Waals surface area contributed by atoms with Gasteiger partial charge in [-0.3, -0.25) is 14.5 Å². The number of hydrogen-bond donors (Lipinski definition) is 0. The highest BCUT2D eigenvalue weighted by Gasteiger charge is 2.36. The van der Waals surface area contributed by atoms with Crippen LogP contribution in [0.5, 0.6) is 11.5 Å². The van der Waals surface area contributed by atoms with Crippen LogP contribution in [0.1, 0.15) is 43.2 Å². The topological polar surface area (TPSA) is 55.8 Å². The number of ether oxygens (including phenoxy) is 2. The van der Waals surface area contributed by atoms with E-state index in [9.17, 15) is 9.59 Å². The van der Waals surface area contributed by atoms with Crippen LogP contribution in [0.3, 0.4) is 0 Å². The summed E-state index contributed by atoms with van der Waals surface area (Å²) in [4.78, 5) is 27.2. The fourth-order valence-corrected chi connectivity index (χ4v) is 5.48. The number of carbonyl (C=O) groups excluding carboxylic acids is 2. The van der Waals surface area contributed by atoms with Crippen LogP contribution < -0.4 is 9.47 Å². The lowest BCUT2D eigenvalue weighted by Crippen LogP contribution is -2.34. The monoisotopic (exact) mass is 505 g/mol. The molecule has 5 nitrogen and oxygen atoms in total. The minimum absolute atomic E-state index is 0.213. The van der Waals surface area contributed by atoms with Crippen LogP contribution in [-0.4, -0.2) is 29.7 Å². The molecule has 1 aliphatic heterocycles. The fourth-order valence-electron chi connectivity index (χ4n) is 4.17. The van der Waals surface area contributed by atoms with E-state index in [2.05, 4.69) is 0 Å². The van der Waals surface area contributed by atoms with E-state index in [1.807, 2.05) is 18.2 Å². The predicted octanol–water partition coefficient (Wildman–Crippen LogP) is 7.20. The molecular weight excluding hydrogens is 481 g/mol. The molecular formula is C25H25Cl2NO4S. The van der Waals surface area contributed by atoms with E-state index in [0.717, 1.165) is 30.2 Å². The third-order valence-electron chi connectivity index (χ3n) is 5.92. The quantitative estimate of drug-likeness (QED) is 0.372. The second-order valence-electron chi connectivity index (χ2n) is 8.21. The molecule has 1 saturated carbocycles. The summed E-state index contributed by atoms with van der Waals surface area (Å²) in [6, 6.07) is 10.8. The molecule has 0 aromatic heterocycles. The van der Waals surface area contributed by atoms with Gasteiger partial charge in [-0.05, 0) is 60.4 Å². The van der Waals surface area contributed by atoms with Gasteiger partial charge in [-0.1, -0.05) is 60.7 Å². The molecule has 0 spiro atoms. The van der Waals surface area contributed by atoms with Gasteiger partial charge in [-0.15, -0.1) is 0 Å². The van der Waals surface area contributed by atoms with Crippen LogP contribution in [0, 0.1) is 5.92 Å². The SMILES string of the molecule is COc1cc(/C=C2/SC(=O)N(CC3CCCCC3)C2=O)cc(Cl)c1OCc1ccccc1Cl. The van der Waals surface area contributed by atoms with E-state index < -0.39 is 0 Å². The number of thioether (sulfide) groups is 1. The largest absolute Gasteiger partial charge is 0.493 e. The number of carbonyl (C=O) groups is 2. The molecule has 0 radical (unpaired) electrons. The average molecular weight is 506 g/mol. The van der Waals surface area contributed by atoms with Crippen molar-refractivity contribution in [3.63, 3.8) is 0 Å². The Bertz CT molecular complexity index is 1080. The van der Waals surface area contributed by atoms with Gasteiger partial charge >= 0.3 is 0 Å². The van der Waals surface area contributed by atoms with Gasteiger partial charge in [0.1, 0.15) is 6.61 Å². The molecule has 2 amide bonds. The predicted molar refractivity (Wildman–Crippen MR) is 133 cm³/mol. The number of halogens is 2. The van der Waals surface area contributed by atoms with Crippen LogP contribution in [0.15, 0.2) is 41.3 Å². The van der Waals surface area contributed by atoms with E-state index in [4.69, 9.17) is 32.7 Å². The number of hydrogen-bond acceptors (Lipinski definition) is 5. The van der Waals surface area contributed by atoms with Gasteiger partial charge in [0.2, 0.25) is 0 Å². The molecule has 4 rings (SSSR count). The molecule has 8 heteroatoms. The van der Waals surface area contributed by atoms with Crippen molar-refractivity contribution in [2.75, 3.05) is 13.7 Å². The van der Waals surface area contributed by atoms with Crippen molar-refractivity contribution in [3.8, 4) is 11.5 Å². The maximum Gasteiger partial charge on any atom is 0.293 e. The van der Waals surface area contributed by atoms with Crippen molar-refractivity contribution < 1.29 is 19.1 Å². The molecule has 1 saturated heterocycles. The molecule has 0 N–H and O–H groups in total. The first-order valence-electron chi connectivity index (χ1n) is 11.0. The molecule has 2 aromatic rings. The molecule has 0 atom stereocenters. The number of imide groups is 1. The molecule has 33 heavy (non-hydrogen) atoms. The van der Waals surface area contributed by atoms with Gasteiger partial charge in [0.25, 0.3) is 11.1 Å². The number of rotatable bonds is 7. The zero-order valence-electron chi connectivity index (χ0n) is 18.3. The smallest absolute Gasteiger partial charge is 0.293 e. The Hall–Kier alpha value is -2.15. The third-order valence-corrected chi connectivity index (χ3v) is 7.48. The van der Waals surface area contributed by atoms with E-state index in [-0.39, 0.29) is 17.8 Å². The number of benzene rings is 2. The summed E-state index contributed by atoms with van der Waals surface area (Å²) in [5.74, 6) is 0.976. The van der Waals surface area contributed by atoms with Crippen molar-refractivity contribution in [2.45, 2.75) is 38.7 Å². The Morgan fingerprint density at radius 1 is 1.09 bits per heavy atom. The lowest BCUT2D eigenvalue weighted by atomic mass is 9.89. The van der Waals surface area contributed by atoms with Gasteiger partial charge in [0, 0.05) is 17.1 Å². The fraction of sp³-hybridized carbons (Fsp3) is 0.360. The van der Waals surface area contributed by atoms with Crippen LogP contribution in [0.25, 0.3) is 6.08 Å². The van der Waals surface area contributed by atoms with Crippen molar-refractivity contribution in [2.24, 2.45) is 5.92 Å². The van der Waals surface area contributed by atoms with Crippen LogP contribution in [0.2, 0.25) is 10.0 Å². The Kier molecular flexibility index (Phi) is 7.89. The lowest BCUT2D eigenvalue weighted by Gasteiger charge is -2.25.